The van der Waals surface area contributed by atoms with E-state index in [-0.39, 0.29) is 0 Å². The molecule has 0 spiro atoms. The number of anilines is 1. The number of nitro groups is 1. The molecular formula is C18H12N4O4. The summed E-state index contributed by atoms with van der Waals surface area (Å²) in [6.45, 7) is -0.442. The summed E-state index contributed by atoms with van der Waals surface area (Å²) in [6.07, 6.45) is 0.948. The van der Waals surface area contributed by atoms with Crippen LogP contribution < -0.4 is 10.9 Å². The average molecular weight is 348 g/mol. The Hall–Kier alpha value is -3.99. The molecule has 3 aromatic rings. The molecule has 1 heterocycles. The minimum atomic E-state index is -0.758. The SMILES string of the molecule is N#Cc1cc([N+](=O)[O-])cn(CC(=O)Nc2ccc3ccccc3c2)c1=O. The van der Waals surface area contributed by atoms with Crippen molar-refractivity contribution in [3.63, 3.8) is 0 Å². The van der Waals surface area contributed by atoms with E-state index in [1.165, 1.54) is 0 Å². The van der Waals surface area contributed by atoms with Gasteiger partial charge in [0.15, 0.2) is 0 Å². The number of fused-ring (bicyclic) bond motifs is 1. The number of hydrogen-bond donors (Lipinski definition) is 1. The molecule has 0 aliphatic rings. The zero-order valence-electron chi connectivity index (χ0n) is 13.4. The van der Waals surface area contributed by atoms with Gasteiger partial charge >= 0.3 is 0 Å². The molecule has 0 aliphatic heterocycles. The summed E-state index contributed by atoms with van der Waals surface area (Å²) in [4.78, 5) is 34.5. The number of pyridine rings is 1. The predicted molar refractivity (Wildman–Crippen MR) is 94.6 cm³/mol. The Morgan fingerprint density at radius 2 is 1.92 bits per heavy atom. The molecule has 8 nitrogen and oxygen atoms in total. The Morgan fingerprint density at radius 3 is 2.62 bits per heavy atom. The average Bonchev–Trinajstić information content (AvgIpc) is 2.63. The van der Waals surface area contributed by atoms with Gasteiger partial charge in [0, 0.05) is 11.8 Å². The second kappa shape index (κ2) is 6.86. The van der Waals surface area contributed by atoms with Gasteiger partial charge in [-0.05, 0) is 22.9 Å². The van der Waals surface area contributed by atoms with E-state index in [1.807, 2.05) is 30.3 Å². The van der Waals surface area contributed by atoms with Crippen LogP contribution in [-0.2, 0) is 11.3 Å². The van der Waals surface area contributed by atoms with Gasteiger partial charge in [-0.2, -0.15) is 5.26 Å². The summed E-state index contributed by atoms with van der Waals surface area (Å²) in [5, 5.41) is 24.4. The highest BCUT2D eigenvalue weighted by Gasteiger charge is 2.15. The molecule has 0 saturated heterocycles. The number of hydrogen-bond acceptors (Lipinski definition) is 5. The van der Waals surface area contributed by atoms with E-state index in [0.717, 1.165) is 27.6 Å². The fraction of sp³-hybridized carbons (Fsp3) is 0.0556. The quantitative estimate of drug-likeness (QED) is 0.574. The predicted octanol–water partition coefficient (Wildman–Crippen LogP) is 2.42. The zero-order valence-corrected chi connectivity index (χ0v) is 13.4. The number of carbonyl (C=O) groups is 1. The molecule has 1 aromatic heterocycles. The molecule has 2 aromatic carbocycles. The molecule has 0 radical (unpaired) electrons. The van der Waals surface area contributed by atoms with Gasteiger partial charge in [0.1, 0.15) is 18.2 Å². The Morgan fingerprint density at radius 1 is 1.19 bits per heavy atom. The third-order valence-corrected chi connectivity index (χ3v) is 3.75. The summed E-state index contributed by atoms with van der Waals surface area (Å²) >= 11 is 0. The van der Waals surface area contributed by atoms with Crippen LogP contribution in [0.1, 0.15) is 5.56 Å². The minimum Gasteiger partial charge on any atom is -0.325 e. The van der Waals surface area contributed by atoms with E-state index in [2.05, 4.69) is 5.32 Å². The largest absolute Gasteiger partial charge is 0.325 e. The number of aromatic nitrogens is 1. The minimum absolute atomic E-state index is 0.391. The first-order chi connectivity index (χ1) is 12.5. The highest BCUT2D eigenvalue weighted by atomic mass is 16.6. The van der Waals surface area contributed by atoms with Crippen molar-refractivity contribution in [3.8, 4) is 6.07 Å². The van der Waals surface area contributed by atoms with Crippen LogP contribution in [0.2, 0.25) is 0 Å². The number of amides is 1. The Kier molecular flexibility index (Phi) is 4.45. The second-order valence-corrected chi connectivity index (χ2v) is 5.52. The highest BCUT2D eigenvalue weighted by molar-refractivity contribution is 5.94. The lowest BCUT2D eigenvalue weighted by molar-refractivity contribution is -0.385. The number of nitriles is 1. The van der Waals surface area contributed by atoms with E-state index >= 15 is 0 Å². The maximum absolute atomic E-state index is 12.2. The molecule has 3 rings (SSSR count). The zero-order chi connectivity index (χ0) is 18.7. The third-order valence-electron chi connectivity index (χ3n) is 3.75. The van der Waals surface area contributed by atoms with Crippen molar-refractivity contribution >= 4 is 28.1 Å². The second-order valence-electron chi connectivity index (χ2n) is 5.52. The van der Waals surface area contributed by atoms with Crippen LogP contribution in [0, 0.1) is 21.4 Å². The van der Waals surface area contributed by atoms with Crippen molar-refractivity contribution < 1.29 is 9.72 Å². The normalized spacial score (nSPS) is 10.3. The van der Waals surface area contributed by atoms with Gasteiger partial charge in [0.25, 0.3) is 11.2 Å². The fourth-order valence-corrected chi connectivity index (χ4v) is 2.54. The Bertz CT molecular complexity index is 1130. The lowest BCUT2D eigenvalue weighted by Gasteiger charge is -2.08. The van der Waals surface area contributed by atoms with Crippen LogP contribution in [0.4, 0.5) is 11.4 Å². The van der Waals surface area contributed by atoms with E-state index < -0.39 is 34.2 Å². The van der Waals surface area contributed by atoms with Crippen LogP contribution in [-0.4, -0.2) is 15.4 Å². The third kappa shape index (κ3) is 3.42. The van der Waals surface area contributed by atoms with Crippen molar-refractivity contribution in [1.82, 2.24) is 4.57 Å². The van der Waals surface area contributed by atoms with Gasteiger partial charge in [0.05, 0.1) is 11.1 Å². The molecule has 0 unspecified atom stereocenters. The molecule has 0 saturated carbocycles. The van der Waals surface area contributed by atoms with Crippen molar-refractivity contribution in [2.45, 2.75) is 6.54 Å². The molecule has 0 atom stereocenters. The van der Waals surface area contributed by atoms with Crippen molar-refractivity contribution in [2.24, 2.45) is 0 Å². The molecule has 1 N–H and O–H groups in total. The molecule has 1 amide bonds. The maximum Gasteiger partial charge on any atom is 0.287 e. The standard InChI is InChI=1S/C18H12N4O4/c19-9-14-8-16(22(25)26)10-21(18(14)24)11-17(23)20-15-6-5-12-3-1-2-4-13(12)7-15/h1-8,10H,11H2,(H,20,23). The molecule has 0 aliphatic carbocycles. The number of nitrogens with zero attached hydrogens (tertiary/aromatic N) is 3. The van der Waals surface area contributed by atoms with Gasteiger partial charge in [-0.15, -0.1) is 0 Å². The van der Waals surface area contributed by atoms with E-state index in [0.29, 0.717) is 5.69 Å². The Labute approximate surface area is 147 Å². The molecule has 0 bridgehead atoms. The number of nitrogens with one attached hydrogen (secondary N) is 1. The topological polar surface area (TPSA) is 118 Å². The fourth-order valence-electron chi connectivity index (χ4n) is 2.54. The summed E-state index contributed by atoms with van der Waals surface area (Å²) in [5.74, 6) is -0.535. The van der Waals surface area contributed by atoms with Crippen molar-refractivity contribution in [3.05, 3.63) is 80.8 Å². The van der Waals surface area contributed by atoms with Gasteiger partial charge in [-0.1, -0.05) is 30.3 Å². The summed E-state index contributed by atoms with van der Waals surface area (Å²) in [6, 6.07) is 15.5. The summed E-state index contributed by atoms with van der Waals surface area (Å²) < 4.78 is 0.854. The summed E-state index contributed by atoms with van der Waals surface area (Å²) in [7, 11) is 0. The van der Waals surface area contributed by atoms with Crippen LogP contribution in [0.15, 0.2) is 59.5 Å². The van der Waals surface area contributed by atoms with E-state index in [1.54, 1.807) is 18.2 Å². The molecule has 8 heteroatoms. The number of benzene rings is 2. The van der Waals surface area contributed by atoms with Crippen LogP contribution in [0.3, 0.4) is 0 Å². The lowest BCUT2D eigenvalue weighted by atomic mass is 10.1. The lowest BCUT2D eigenvalue weighted by Crippen LogP contribution is -2.29. The van der Waals surface area contributed by atoms with Gasteiger partial charge in [-0.25, -0.2) is 0 Å². The first kappa shape index (κ1) is 16.9. The van der Waals surface area contributed by atoms with Crippen LogP contribution >= 0.6 is 0 Å². The molecule has 128 valence electrons. The first-order valence-corrected chi connectivity index (χ1v) is 7.55. The van der Waals surface area contributed by atoms with E-state index in [4.69, 9.17) is 5.26 Å². The molecular weight excluding hydrogens is 336 g/mol. The van der Waals surface area contributed by atoms with Crippen molar-refractivity contribution in [2.75, 3.05) is 5.32 Å². The van der Waals surface area contributed by atoms with Gasteiger partial charge in [0.2, 0.25) is 5.91 Å². The number of carbonyl (C=O) groups excluding carboxylic acids is 1. The van der Waals surface area contributed by atoms with Crippen molar-refractivity contribution in [1.29, 1.82) is 5.26 Å². The molecule has 26 heavy (non-hydrogen) atoms. The molecule has 0 fully saturated rings. The maximum atomic E-state index is 12.2. The highest BCUT2D eigenvalue weighted by Crippen LogP contribution is 2.19. The monoisotopic (exact) mass is 348 g/mol. The van der Waals surface area contributed by atoms with Gasteiger partial charge in [-0.3, -0.25) is 24.3 Å². The Balaban J connectivity index is 1.85. The first-order valence-electron chi connectivity index (χ1n) is 7.55. The van der Waals surface area contributed by atoms with Crippen LogP contribution in [0.5, 0.6) is 0 Å². The summed E-state index contributed by atoms with van der Waals surface area (Å²) in [5.41, 5.74) is -1.04. The van der Waals surface area contributed by atoms with Crippen LogP contribution in [0.25, 0.3) is 10.8 Å². The van der Waals surface area contributed by atoms with E-state index in [9.17, 15) is 19.7 Å². The number of rotatable bonds is 4. The smallest absolute Gasteiger partial charge is 0.287 e. The van der Waals surface area contributed by atoms with Gasteiger partial charge < -0.3 is 5.32 Å².